The molecule has 5 aliphatic rings. The summed E-state index contributed by atoms with van der Waals surface area (Å²) in [5.41, 5.74) is -0.538. The molecule has 14 nitrogen and oxygen atoms in total. The normalized spacial score (nSPS) is 27.5. The topological polar surface area (TPSA) is 146 Å². The average molecular weight is 939 g/mol. The summed E-state index contributed by atoms with van der Waals surface area (Å²) in [6, 6.07) is 1.84. The highest BCUT2D eigenvalue weighted by atomic mass is 35.5. The highest BCUT2D eigenvalue weighted by Gasteiger charge is 2.56. The van der Waals surface area contributed by atoms with Crippen LogP contribution in [0.1, 0.15) is 130 Å². The Morgan fingerprint density at radius 1 is 1.00 bits per heavy atom. The van der Waals surface area contributed by atoms with Gasteiger partial charge in [-0.1, -0.05) is 11.6 Å². The summed E-state index contributed by atoms with van der Waals surface area (Å²) in [6.45, 7) is 14.7. The number of hydrogen-bond donors (Lipinski definition) is 1. The fourth-order valence-corrected chi connectivity index (χ4v) is 11.5. The van der Waals surface area contributed by atoms with E-state index in [4.69, 9.17) is 50.4 Å². The van der Waals surface area contributed by atoms with E-state index in [9.17, 15) is 14.3 Å². The molecule has 4 aromatic rings. The van der Waals surface area contributed by atoms with Gasteiger partial charge in [0.1, 0.15) is 34.7 Å². The van der Waals surface area contributed by atoms with Crippen molar-refractivity contribution in [2.45, 2.75) is 166 Å². The molecule has 5 fully saturated rings. The van der Waals surface area contributed by atoms with Crippen molar-refractivity contribution in [2.75, 3.05) is 46.0 Å². The minimum atomic E-state index is -0.991. The molecule has 1 aromatic carbocycles. The molecule has 360 valence electrons. The Bertz CT molecular complexity index is 2410. The number of nitrogens with zero attached hydrogens (tertiary/aromatic N) is 7. The second-order valence-electron chi connectivity index (χ2n) is 21.5. The predicted octanol–water partition coefficient (Wildman–Crippen LogP) is 9.55. The standard InChI is InChI=1S/C49H66ClF2N7O7/c1-46(2,3)65-43-33-23-53-42(40(52)41(33)55-44(56-43)64-37-16-15-30(51)25-57-18-9-13-35(37)57)39-31(34(50)22-36-32(39)24-54-59(36)38-14-7-8-21-63-38)12-10-20-62-29-49(61)26-48(27-49)17-11-19-58(28-48)45(60)66-47(4,5)6/h22-24,30,35,37-38,61H,7-21,25-29H2,1-6H3/t30-,35-,37?,38?,48?,49?/m1/s1. The minimum Gasteiger partial charge on any atom is -0.471 e. The van der Waals surface area contributed by atoms with Crippen molar-refractivity contribution in [3.8, 4) is 23.1 Å². The number of benzene rings is 1. The molecule has 4 aliphatic heterocycles. The molecule has 17 heteroatoms. The van der Waals surface area contributed by atoms with Crippen LogP contribution in [0.3, 0.4) is 0 Å². The van der Waals surface area contributed by atoms with Crippen molar-refractivity contribution in [1.82, 2.24) is 34.5 Å². The number of pyridine rings is 1. The van der Waals surface area contributed by atoms with Gasteiger partial charge < -0.3 is 33.7 Å². The first-order valence-electron chi connectivity index (χ1n) is 24.1. The van der Waals surface area contributed by atoms with Crippen molar-refractivity contribution >= 4 is 39.5 Å². The van der Waals surface area contributed by atoms with Gasteiger partial charge in [0, 0.05) is 61.1 Å². The number of carbonyl (C=O) groups excluding carboxylic acids is 1. The van der Waals surface area contributed by atoms with Gasteiger partial charge in [0.25, 0.3) is 0 Å². The van der Waals surface area contributed by atoms with Crippen LogP contribution in [0, 0.1) is 11.2 Å². The number of amides is 1. The zero-order chi connectivity index (χ0) is 46.6. The first kappa shape index (κ1) is 47.1. The summed E-state index contributed by atoms with van der Waals surface area (Å²) in [6.07, 6.45) is 10.5. The number of halogens is 3. The lowest BCUT2D eigenvalue weighted by Gasteiger charge is -2.56. The molecular weight excluding hydrogens is 872 g/mol. The molecular formula is C49H66ClF2N7O7. The molecule has 0 bridgehead atoms. The van der Waals surface area contributed by atoms with Crippen molar-refractivity contribution in [2.24, 2.45) is 5.41 Å². The number of aliphatic hydroxyl groups is 1. The zero-order valence-electron chi connectivity index (χ0n) is 39.3. The fraction of sp³-hybridized carbons (Fsp3) is 0.694. The third-order valence-electron chi connectivity index (χ3n) is 13.8. The average Bonchev–Trinajstić information content (AvgIpc) is 3.85. The number of fused-ring (bicyclic) bond motifs is 3. The maximum Gasteiger partial charge on any atom is 0.410 e. The van der Waals surface area contributed by atoms with Gasteiger partial charge in [-0.2, -0.15) is 15.1 Å². The molecule has 1 aliphatic carbocycles. The van der Waals surface area contributed by atoms with Gasteiger partial charge in [-0.25, -0.2) is 18.3 Å². The van der Waals surface area contributed by atoms with E-state index in [-0.39, 0.29) is 65.0 Å². The fourth-order valence-electron chi connectivity index (χ4n) is 11.2. The van der Waals surface area contributed by atoms with Crippen LogP contribution in [-0.2, 0) is 20.6 Å². The number of hydrogen-bond acceptors (Lipinski definition) is 12. The van der Waals surface area contributed by atoms with Crippen molar-refractivity contribution in [3.63, 3.8) is 0 Å². The van der Waals surface area contributed by atoms with Gasteiger partial charge in [-0.05, 0) is 149 Å². The van der Waals surface area contributed by atoms with Crippen LogP contribution in [0.2, 0.25) is 5.02 Å². The molecule has 4 atom stereocenters. The number of alkyl halides is 1. The van der Waals surface area contributed by atoms with Gasteiger partial charge in [-0.15, -0.1) is 0 Å². The van der Waals surface area contributed by atoms with Crippen LogP contribution in [0.5, 0.6) is 11.9 Å². The highest BCUT2D eigenvalue weighted by molar-refractivity contribution is 6.33. The molecule has 1 spiro atoms. The third-order valence-corrected chi connectivity index (χ3v) is 14.1. The summed E-state index contributed by atoms with van der Waals surface area (Å²) in [5, 5.41) is 17.6. The van der Waals surface area contributed by atoms with E-state index in [1.54, 1.807) is 11.1 Å². The molecule has 1 N–H and O–H groups in total. The van der Waals surface area contributed by atoms with E-state index < -0.39 is 28.8 Å². The predicted molar refractivity (Wildman–Crippen MR) is 246 cm³/mol. The maximum absolute atomic E-state index is 17.7. The van der Waals surface area contributed by atoms with E-state index in [1.807, 2.05) is 52.3 Å². The van der Waals surface area contributed by atoms with Gasteiger partial charge in [0.05, 0.1) is 29.3 Å². The number of likely N-dealkylation sites (tertiary alicyclic amines) is 1. The van der Waals surface area contributed by atoms with Crippen LogP contribution in [-0.4, -0.2) is 127 Å². The summed E-state index contributed by atoms with van der Waals surface area (Å²) < 4.78 is 65.1. The lowest BCUT2D eigenvalue weighted by atomic mass is 9.56. The Kier molecular flexibility index (Phi) is 13.2. The van der Waals surface area contributed by atoms with E-state index in [2.05, 4.69) is 9.88 Å². The highest BCUT2D eigenvalue weighted by Crippen LogP contribution is 2.54. The quantitative estimate of drug-likeness (QED) is 0.143. The molecule has 9 rings (SSSR count). The maximum atomic E-state index is 17.7. The van der Waals surface area contributed by atoms with Gasteiger partial charge in [0.15, 0.2) is 12.0 Å². The zero-order valence-corrected chi connectivity index (χ0v) is 40.1. The van der Waals surface area contributed by atoms with Gasteiger partial charge in [0.2, 0.25) is 5.88 Å². The molecule has 1 amide bonds. The largest absolute Gasteiger partial charge is 0.471 e. The third kappa shape index (κ3) is 10.1. The van der Waals surface area contributed by atoms with Crippen molar-refractivity contribution in [3.05, 3.63) is 34.9 Å². The Labute approximate surface area is 391 Å². The second kappa shape index (κ2) is 18.5. The van der Waals surface area contributed by atoms with Crippen LogP contribution in [0.4, 0.5) is 13.6 Å². The van der Waals surface area contributed by atoms with Crippen molar-refractivity contribution in [1.29, 1.82) is 0 Å². The molecule has 0 radical (unpaired) electrons. The number of aromatic nitrogens is 5. The number of ether oxygens (including phenoxy) is 5. The SMILES string of the molecule is CC(C)(C)OC(=O)N1CCCC2(C1)CC(O)(COCCCc1c(Cl)cc3c(cnn3C3CCCCO3)c1-c1ncc3c(OC(C)(C)C)nc(OC4CC[C@@H](F)CN5CCC[C@H]45)nc3c1F)C2. The number of carbonyl (C=O) groups is 1. The summed E-state index contributed by atoms with van der Waals surface area (Å²) >= 11 is 7.22. The Morgan fingerprint density at radius 3 is 2.58 bits per heavy atom. The molecule has 66 heavy (non-hydrogen) atoms. The smallest absolute Gasteiger partial charge is 0.410 e. The molecule has 1 saturated carbocycles. The van der Waals surface area contributed by atoms with Crippen molar-refractivity contribution < 1.29 is 42.4 Å². The Hall–Kier alpha value is -3.96. The van der Waals surface area contributed by atoms with E-state index >= 15 is 4.39 Å². The lowest BCUT2D eigenvalue weighted by Crippen LogP contribution is -2.61. The molecule has 7 heterocycles. The van der Waals surface area contributed by atoms with Crippen LogP contribution < -0.4 is 9.47 Å². The molecule has 3 aromatic heterocycles. The molecule has 2 unspecified atom stereocenters. The lowest BCUT2D eigenvalue weighted by molar-refractivity contribution is -0.180. The summed E-state index contributed by atoms with van der Waals surface area (Å²) in [7, 11) is 0. The Morgan fingerprint density at radius 2 is 1.82 bits per heavy atom. The molecule has 4 saturated heterocycles. The summed E-state index contributed by atoms with van der Waals surface area (Å²) in [4.78, 5) is 31.0. The van der Waals surface area contributed by atoms with Crippen LogP contribution in [0.15, 0.2) is 18.5 Å². The Balaban J connectivity index is 0.991. The van der Waals surface area contributed by atoms with Gasteiger partial charge in [-0.3, -0.25) is 9.88 Å². The summed E-state index contributed by atoms with van der Waals surface area (Å²) in [5.74, 6) is -0.554. The van der Waals surface area contributed by atoms with E-state index in [0.29, 0.717) is 98.4 Å². The number of rotatable bonds is 11. The van der Waals surface area contributed by atoms with Crippen LogP contribution >= 0.6 is 11.6 Å². The monoisotopic (exact) mass is 937 g/mol. The van der Waals surface area contributed by atoms with Gasteiger partial charge >= 0.3 is 12.1 Å². The van der Waals surface area contributed by atoms with E-state index in [0.717, 1.165) is 51.5 Å². The van der Waals surface area contributed by atoms with E-state index in [1.165, 1.54) is 6.20 Å². The first-order valence-corrected chi connectivity index (χ1v) is 24.4. The minimum absolute atomic E-state index is 0.00720. The van der Waals surface area contributed by atoms with Crippen LogP contribution in [0.25, 0.3) is 33.1 Å². The first-order chi connectivity index (χ1) is 31.4. The number of piperidine rings is 1. The second-order valence-corrected chi connectivity index (χ2v) is 21.9.